The summed E-state index contributed by atoms with van der Waals surface area (Å²) in [6, 6.07) is 10.4. The summed E-state index contributed by atoms with van der Waals surface area (Å²) in [6.07, 6.45) is 2.77. The molecular weight excluding hydrogens is 324 g/mol. The second-order valence-corrected chi connectivity index (χ2v) is 8.98. The topological polar surface area (TPSA) is 51.2 Å². The number of carbonyl (C=O) groups is 1. The number of pyridine rings is 1. The third kappa shape index (κ3) is 2.71. The van der Waals surface area contributed by atoms with Gasteiger partial charge in [0, 0.05) is 23.4 Å². The van der Waals surface area contributed by atoms with Gasteiger partial charge in [0.05, 0.1) is 24.8 Å². The second-order valence-electron chi connectivity index (χ2n) is 8.98. The predicted molar refractivity (Wildman–Crippen MR) is 103 cm³/mol. The number of para-hydroxylation sites is 1. The lowest BCUT2D eigenvalue weighted by molar-refractivity contribution is -0.124. The summed E-state index contributed by atoms with van der Waals surface area (Å²) in [5.41, 5.74) is 2.42. The van der Waals surface area contributed by atoms with Crippen LogP contribution in [0.1, 0.15) is 33.3 Å². The van der Waals surface area contributed by atoms with E-state index in [2.05, 4.69) is 56.2 Å². The molecule has 2 atom stereocenters. The zero-order valence-corrected chi connectivity index (χ0v) is 16.1. The third-order valence-electron chi connectivity index (χ3n) is 7.03. The molecule has 1 saturated heterocycles. The first-order chi connectivity index (χ1) is 12.3. The number of hydrogen-bond donors (Lipinski definition) is 1. The minimum absolute atomic E-state index is 0.0628. The Balaban J connectivity index is 1.48. The van der Waals surface area contributed by atoms with Gasteiger partial charge in [0.2, 0.25) is 5.91 Å². The summed E-state index contributed by atoms with van der Waals surface area (Å²) >= 11 is 0. The van der Waals surface area contributed by atoms with Gasteiger partial charge in [-0.3, -0.25) is 9.78 Å². The molecule has 1 aromatic heterocycles. The molecule has 2 fully saturated rings. The normalized spacial score (nSPS) is 26.8. The molecule has 2 aromatic rings. The molecule has 1 amide bonds. The first-order valence-electron chi connectivity index (χ1n) is 9.53. The number of carbonyl (C=O) groups excluding carboxylic acids is 1. The molecule has 2 heterocycles. The highest BCUT2D eigenvalue weighted by molar-refractivity contribution is 5.84. The Hall–Kier alpha value is -1.94. The van der Waals surface area contributed by atoms with E-state index in [9.17, 15) is 4.79 Å². The molecule has 4 nitrogen and oxygen atoms in total. The maximum Gasteiger partial charge on any atom is 0.224 e. The zero-order chi connectivity index (χ0) is 18.5. The second kappa shape index (κ2) is 6.05. The van der Waals surface area contributed by atoms with E-state index in [1.54, 1.807) is 0 Å². The Kier molecular flexibility index (Phi) is 4.07. The highest BCUT2D eigenvalue weighted by Gasteiger charge is 2.68. The van der Waals surface area contributed by atoms with Gasteiger partial charge in [-0.1, -0.05) is 45.9 Å². The van der Waals surface area contributed by atoms with Crippen molar-refractivity contribution in [3.8, 4) is 0 Å². The average molecular weight is 352 g/mol. The van der Waals surface area contributed by atoms with Crippen molar-refractivity contribution in [3.05, 3.63) is 42.1 Å². The van der Waals surface area contributed by atoms with Crippen molar-refractivity contribution in [2.24, 2.45) is 22.7 Å². The summed E-state index contributed by atoms with van der Waals surface area (Å²) in [6.45, 7) is 10.0. The third-order valence-corrected chi connectivity index (χ3v) is 7.03. The van der Waals surface area contributed by atoms with E-state index < -0.39 is 0 Å². The minimum Gasteiger partial charge on any atom is -0.379 e. The van der Waals surface area contributed by atoms with Crippen LogP contribution in [-0.2, 0) is 16.0 Å². The van der Waals surface area contributed by atoms with Crippen LogP contribution in [0.5, 0.6) is 0 Å². The summed E-state index contributed by atoms with van der Waals surface area (Å²) in [5.74, 6) is 0.563. The molecule has 1 N–H and O–H groups in total. The van der Waals surface area contributed by atoms with E-state index in [1.165, 1.54) is 10.9 Å². The van der Waals surface area contributed by atoms with Crippen molar-refractivity contribution in [2.45, 2.75) is 40.2 Å². The van der Waals surface area contributed by atoms with Crippen LogP contribution in [0.15, 0.2) is 36.5 Å². The van der Waals surface area contributed by atoms with Crippen LogP contribution in [0.4, 0.5) is 0 Å². The van der Waals surface area contributed by atoms with Crippen molar-refractivity contribution < 1.29 is 9.53 Å². The van der Waals surface area contributed by atoms with Gasteiger partial charge in [-0.05, 0) is 34.9 Å². The number of rotatable bonds is 4. The maximum absolute atomic E-state index is 12.8. The van der Waals surface area contributed by atoms with Gasteiger partial charge < -0.3 is 10.1 Å². The molecule has 1 saturated carbocycles. The molecule has 0 spiro atoms. The summed E-state index contributed by atoms with van der Waals surface area (Å²) in [7, 11) is 0. The van der Waals surface area contributed by atoms with E-state index in [0.717, 1.165) is 11.9 Å². The van der Waals surface area contributed by atoms with E-state index >= 15 is 0 Å². The lowest BCUT2D eigenvalue weighted by atomic mass is 9.93. The van der Waals surface area contributed by atoms with Gasteiger partial charge in [0.15, 0.2) is 0 Å². The number of hydrogen-bond acceptors (Lipinski definition) is 3. The molecule has 4 heteroatoms. The van der Waals surface area contributed by atoms with E-state index in [-0.39, 0.29) is 28.7 Å². The van der Waals surface area contributed by atoms with Gasteiger partial charge in [0.1, 0.15) is 0 Å². The fourth-order valence-electron chi connectivity index (χ4n) is 4.69. The lowest BCUT2D eigenvalue weighted by Gasteiger charge is -2.20. The SMILES string of the molecule is CC1(C)C(C(=O)N[C@@H]2COC[C@H]2Cc2ccnc3ccccc23)C1(C)C. The standard InChI is InChI=1S/C22H28N2O2/c1-21(2)19(22(21,3)4)20(25)24-18-13-26-12-15(18)11-14-9-10-23-17-8-6-5-7-16(14)17/h5-10,15,18-19H,11-13H2,1-4H3,(H,24,25)/t15-,18-/m1/s1. The Morgan fingerprint density at radius 1 is 1.15 bits per heavy atom. The summed E-state index contributed by atoms with van der Waals surface area (Å²) in [4.78, 5) is 17.3. The molecule has 1 aliphatic carbocycles. The molecule has 0 bridgehead atoms. The number of nitrogens with zero attached hydrogens (tertiary/aromatic N) is 1. The van der Waals surface area contributed by atoms with Crippen molar-refractivity contribution in [1.29, 1.82) is 0 Å². The van der Waals surface area contributed by atoms with Crippen LogP contribution in [-0.4, -0.2) is 30.1 Å². The fraction of sp³-hybridized carbons (Fsp3) is 0.545. The Morgan fingerprint density at radius 3 is 2.62 bits per heavy atom. The lowest BCUT2D eigenvalue weighted by Crippen LogP contribution is -2.42. The number of ether oxygens (including phenoxy) is 1. The predicted octanol–water partition coefficient (Wildman–Crippen LogP) is 3.59. The van der Waals surface area contributed by atoms with Crippen LogP contribution >= 0.6 is 0 Å². The molecule has 2 aliphatic rings. The molecule has 1 aromatic carbocycles. The van der Waals surface area contributed by atoms with Crippen LogP contribution in [0.2, 0.25) is 0 Å². The molecule has 0 unspecified atom stereocenters. The molecule has 1 aliphatic heterocycles. The average Bonchev–Trinajstić information content (AvgIpc) is 2.87. The quantitative estimate of drug-likeness (QED) is 0.915. The monoisotopic (exact) mass is 352 g/mol. The first-order valence-corrected chi connectivity index (χ1v) is 9.53. The van der Waals surface area contributed by atoms with Gasteiger partial charge in [-0.2, -0.15) is 0 Å². The Labute approximate surface area is 155 Å². The van der Waals surface area contributed by atoms with Crippen LogP contribution < -0.4 is 5.32 Å². The Morgan fingerprint density at radius 2 is 1.88 bits per heavy atom. The van der Waals surface area contributed by atoms with Crippen molar-refractivity contribution >= 4 is 16.8 Å². The number of nitrogens with one attached hydrogen (secondary N) is 1. The number of aromatic nitrogens is 1. The molecular formula is C22H28N2O2. The van der Waals surface area contributed by atoms with Gasteiger partial charge in [0.25, 0.3) is 0 Å². The first kappa shape index (κ1) is 17.5. The maximum atomic E-state index is 12.8. The molecule has 138 valence electrons. The highest BCUT2D eigenvalue weighted by Crippen LogP contribution is 2.68. The number of benzene rings is 1. The van der Waals surface area contributed by atoms with E-state index in [1.807, 2.05) is 18.3 Å². The highest BCUT2D eigenvalue weighted by atomic mass is 16.5. The largest absolute Gasteiger partial charge is 0.379 e. The van der Waals surface area contributed by atoms with Gasteiger partial charge >= 0.3 is 0 Å². The van der Waals surface area contributed by atoms with Crippen LogP contribution in [0.25, 0.3) is 10.9 Å². The number of amides is 1. The minimum atomic E-state index is 0.0628. The zero-order valence-electron chi connectivity index (χ0n) is 16.1. The van der Waals surface area contributed by atoms with Crippen molar-refractivity contribution in [1.82, 2.24) is 10.3 Å². The van der Waals surface area contributed by atoms with Gasteiger partial charge in [-0.15, -0.1) is 0 Å². The number of fused-ring (bicyclic) bond motifs is 1. The van der Waals surface area contributed by atoms with Crippen LogP contribution in [0.3, 0.4) is 0 Å². The van der Waals surface area contributed by atoms with Crippen molar-refractivity contribution in [3.63, 3.8) is 0 Å². The molecule has 0 radical (unpaired) electrons. The molecule has 26 heavy (non-hydrogen) atoms. The summed E-state index contributed by atoms with van der Waals surface area (Å²) < 4.78 is 5.73. The Bertz CT molecular complexity index is 824. The molecule has 4 rings (SSSR count). The van der Waals surface area contributed by atoms with E-state index in [0.29, 0.717) is 19.1 Å². The van der Waals surface area contributed by atoms with Crippen molar-refractivity contribution in [2.75, 3.05) is 13.2 Å². The fourth-order valence-corrected chi connectivity index (χ4v) is 4.69. The van der Waals surface area contributed by atoms with E-state index in [4.69, 9.17) is 4.74 Å². The summed E-state index contributed by atoms with van der Waals surface area (Å²) in [5, 5.41) is 4.48. The van der Waals surface area contributed by atoms with Crippen LogP contribution in [0, 0.1) is 22.7 Å². The van der Waals surface area contributed by atoms with Gasteiger partial charge in [-0.25, -0.2) is 0 Å². The smallest absolute Gasteiger partial charge is 0.224 e.